The number of ether oxygens (including phenoxy) is 2. The van der Waals surface area contributed by atoms with E-state index in [1.807, 2.05) is 61.5 Å². The minimum Gasteiger partial charge on any atom is -0.392 e. The Labute approximate surface area is 276 Å². The zero-order chi connectivity index (χ0) is 32.3. The molecular weight excluding hydrogens is 625 g/mol. The molecular formula is C34H38N4O6S2. The van der Waals surface area contributed by atoms with Crippen LogP contribution in [0, 0.1) is 6.92 Å². The van der Waals surface area contributed by atoms with Gasteiger partial charge < -0.3 is 19.9 Å². The largest absolute Gasteiger partial charge is 0.392 e. The van der Waals surface area contributed by atoms with Crippen LogP contribution in [0.4, 0.5) is 0 Å². The van der Waals surface area contributed by atoms with Crippen LogP contribution >= 0.6 is 23.1 Å². The number of benzene rings is 3. The highest BCUT2D eigenvalue weighted by atomic mass is 32.2. The van der Waals surface area contributed by atoms with Gasteiger partial charge in [0.2, 0.25) is 11.8 Å². The fraction of sp³-hybridized carbons (Fsp3) is 0.353. The molecule has 0 bridgehead atoms. The Morgan fingerprint density at radius 2 is 1.65 bits per heavy atom. The van der Waals surface area contributed by atoms with Gasteiger partial charge in [0.25, 0.3) is 0 Å². The summed E-state index contributed by atoms with van der Waals surface area (Å²) in [4.78, 5) is 23.3. The van der Waals surface area contributed by atoms with Gasteiger partial charge in [-0.15, -0.1) is 10.2 Å². The van der Waals surface area contributed by atoms with Crippen molar-refractivity contribution in [1.82, 2.24) is 21.0 Å². The van der Waals surface area contributed by atoms with Gasteiger partial charge in [0.05, 0.1) is 18.8 Å². The van der Waals surface area contributed by atoms with Crippen molar-refractivity contribution in [2.24, 2.45) is 0 Å². The number of nitrogens with one attached hydrogen (secondary N) is 2. The molecule has 46 heavy (non-hydrogen) atoms. The Morgan fingerprint density at radius 3 is 2.35 bits per heavy atom. The van der Waals surface area contributed by atoms with Gasteiger partial charge in [0, 0.05) is 37.1 Å². The lowest BCUT2D eigenvalue weighted by Gasteiger charge is -2.36. The van der Waals surface area contributed by atoms with Crippen molar-refractivity contribution in [3.05, 3.63) is 100 Å². The summed E-state index contributed by atoms with van der Waals surface area (Å²) in [6, 6.07) is 24.1. The Kier molecular flexibility index (Phi) is 12.3. The quantitative estimate of drug-likeness (QED) is 0.0551. The van der Waals surface area contributed by atoms with E-state index in [-0.39, 0.29) is 31.1 Å². The van der Waals surface area contributed by atoms with Crippen LogP contribution in [-0.4, -0.2) is 44.2 Å². The lowest BCUT2D eigenvalue weighted by Crippen LogP contribution is -2.31. The van der Waals surface area contributed by atoms with Crippen molar-refractivity contribution < 1.29 is 29.4 Å². The lowest BCUT2D eigenvalue weighted by molar-refractivity contribution is -0.245. The van der Waals surface area contributed by atoms with Crippen LogP contribution < -0.4 is 10.8 Å². The number of aliphatic hydroxyl groups is 1. The fourth-order valence-corrected chi connectivity index (χ4v) is 6.99. The van der Waals surface area contributed by atoms with Gasteiger partial charge in [-0.05, 0) is 53.6 Å². The summed E-state index contributed by atoms with van der Waals surface area (Å²) in [6.45, 7) is 2.35. The lowest BCUT2D eigenvalue weighted by atomic mass is 9.99. The molecule has 0 unspecified atom stereocenters. The molecule has 1 aliphatic rings. The summed E-state index contributed by atoms with van der Waals surface area (Å²) in [7, 11) is 0. The molecule has 0 aliphatic carbocycles. The molecule has 12 heteroatoms. The number of hydroxylamine groups is 1. The van der Waals surface area contributed by atoms with Crippen LogP contribution in [0.5, 0.6) is 0 Å². The number of aryl methyl sites for hydroxylation is 1. The Balaban J connectivity index is 1.22. The third-order valence-electron chi connectivity index (χ3n) is 7.63. The van der Waals surface area contributed by atoms with Crippen molar-refractivity contribution in [3.8, 4) is 11.1 Å². The number of rotatable bonds is 14. The summed E-state index contributed by atoms with van der Waals surface area (Å²) >= 11 is 3.22. The molecule has 1 fully saturated rings. The van der Waals surface area contributed by atoms with Gasteiger partial charge in [0.15, 0.2) is 10.6 Å². The molecule has 0 spiro atoms. The first-order valence-electron chi connectivity index (χ1n) is 15.2. The number of aliphatic hydroxyl groups excluding tert-OH is 1. The van der Waals surface area contributed by atoms with E-state index in [0.717, 1.165) is 48.5 Å². The highest BCUT2D eigenvalue weighted by Crippen LogP contribution is 2.40. The molecule has 0 radical (unpaired) electrons. The standard InChI is InChI=1S/C34H38N4O6S2/c1-22-36-37-34(46-22)45-21-29-18-30(26-11-9-23(20-39)10-12-26)44-33(43-29)27-15-13-25(14-16-27)28-6-4-5-24(17-28)19-35-31(40)7-2-3-8-32(41)38-42/h4-6,9-17,29-30,33,39,42H,2-3,7-8,18-21H2,1H3,(H,35,40)(H,38,41)/t29-,30+,33+/m1/s1. The predicted molar refractivity (Wildman–Crippen MR) is 176 cm³/mol. The van der Waals surface area contributed by atoms with Crippen LogP contribution in [0.25, 0.3) is 11.1 Å². The molecule has 0 saturated carbocycles. The molecule has 3 atom stereocenters. The summed E-state index contributed by atoms with van der Waals surface area (Å²) in [6.07, 6.45) is 1.52. The number of amides is 2. The molecule has 4 N–H and O–H groups in total. The van der Waals surface area contributed by atoms with Crippen LogP contribution in [0.2, 0.25) is 0 Å². The topological polar surface area (TPSA) is 143 Å². The molecule has 4 aromatic rings. The van der Waals surface area contributed by atoms with Gasteiger partial charge in [-0.2, -0.15) is 0 Å². The van der Waals surface area contributed by atoms with E-state index in [9.17, 15) is 14.7 Å². The zero-order valence-electron chi connectivity index (χ0n) is 25.6. The van der Waals surface area contributed by atoms with E-state index in [2.05, 4.69) is 33.7 Å². The van der Waals surface area contributed by atoms with Gasteiger partial charge in [-0.1, -0.05) is 89.8 Å². The number of aromatic nitrogens is 2. The maximum Gasteiger partial charge on any atom is 0.243 e. The van der Waals surface area contributed by atoms with Crippen molar-refractivity contribution in [1.29, 1.82) is 0 Å². The van der Waals surface area contributed by atoms with E-state index >= 15 is 0 Å². The average molecular weight is 663 g/mol. The second-order valence-electron chi connectivity index (χ2n) is 11.1. The number of hydrogen-bond donors (Lipinski definition) is 4. The zero-order valence-corrected chi connectivity index (χ0v) is 27.2. The number of carbonyl (C=O) groups excluding carboxylic acids is 2. The first kappa shape index (κ1) is 33.7. The average Bonchev–Trinajstić information content (AvgIpc) is 3.53. The molecule has 5 rings (SSSR count). The third kappa shape index (κ3) is 9.68. The van der Waals surface area contributed by atoms with Gasteiger partial charge in [0.1, 0.15) is 5.01 Å². The molecule has 3 aromatic carbocycles. The Bertz CT molecular complexity index is 1580. The maximum absolute atomic E-state index is 12.3. The third-order valence-corrected chi connectivity index (χ3v) is 9.73. The number of unbranched alkanes of at least 4 members (excludes halogenated alkanes) is 1. The van der Waals surface area contributed by atoms with E-state index < -0.39 is 12.2 Å². The van der Waals surface area contributed by atoms with E-state index in [1.54, 1.807) is 28.6 Å². The number of thioether (sulfide) groups is 1. The smallest absolute Gasteiger partial charge is 0.243 e. The highest BCUT2D eigenvalue weighted by molar-refractivity contribution is 8.01. The number of hydrogen-bond acceptors (Lipinski definition) is 10. The minimum atomic E-state index is -0.549. The summed E-state index contributed by atoms with van der Waals surface area (Å²) in [5.74, 6) is 0.198. The molecule has 1 aromatic heterocycles. The first-order valence-corrected chi connectivity index (χ1v) is 17.0. The second kappa shape index (κ2) is 16.8. The van der Waals surface area contributed by atoms with Crippen LogP contribution in [0.15, 0.2) is 77.1 Å². The summed E-state index contributed by atoms with van der Waals surface area (Å²) in [5, 5.41) is 30.3. The highest BCUT2D eigenvalue weighted by Gasteiger charge is 2.32. The Morgan fingerprint density at radius 1 is 0.913 bits per heavy atom. The molecule has 2 amide bonds. The van der Waals surface area contributed by atoms with E-state index in [1.165, 1.54) is 0 Å². The molecule has 242 valence electrons. The van der Waals surface area contributed by atoms with Gasteiger partial charge in [-0.25, -0.2) is 5.48 Å². The fourth-order valence-electron chi connectivity index (χ4n) is 5.13. The monoisotopic (exact) mass is 662 g/mol. The van der Waals surface area contributed by atoms with Gasteiger partial charge >= 0.3 is 0 Å². The van der Waals surface area contributed by atoms with E-state index in [4.69, 9.17) is 14.7 Å². The molecule has 10 nitrogen and oxygen atoms in total. The van der Waals surface area contributed by atoms with E-state index in [0.29, 0.717) is 32.2 Å². The molecule has 2 heterocycles. The van der Waals surface area contributed by atoms with Crippen molar-refractivity contribution in [2.45, 2.75) is 75.0 Å². The van der Waals surface area contributed by atoms with Crippen molar-refractivity contribution in [3.63, 3.8) is 0 Å². The number of carbonyl (C=O) groups is 2. The molecule has 1 aliphatic heterocycles. The van der Waals surface area contributed by atoms with Crippen molar-refractivity contribution in [2.75, 3.05) is 5.75 Å². The molecule has 1 saturated heterocycles. The minimum absolute atomic E-state index is 0.00296. The summed E-state index contributed by atoms with van der Waals surface area (Å²) < 4.78 is 13.9. The SMILES string of the molecule is Cc1nnc(SC[C@H]2C[C@@H](c3ccc(CO)cc3)O[C@@H](c3ccc(-c4cccc(CNC(=O)CCCCC(=O)NO)c4)cc3)O2)s1. The summed E-state index contributed by atoms with van der Waals surface area (Å²) in [5.41, 5.74) is 7.46. The second-order valence-corrected chi connectivity index (χ2v) is 13.5. The first-order chi connectivity index (χ1) is 22.4. The Hall–Kier alpha value is -3.65. The number of nitrogens with zero attached hydrogens (tertiary/aromatic N) is 2. The normalized spacial score (nSPS) is 17.8. The van der Waals surface area contributed by atoms with Gasteiger partial charge in [-0.3, -0.25) is 14.8 Å². The predicted octanol–water partition coefficient (Wildman–Crippen LogP) is 6.03. The van der Waals surface area contributed by atoms with Crippen LogP contribution in [-0.2, 0) is 32.2 Å². The maximum atomic E-state index is 12.3. The van der Waals surface area contributed by atoms with Crippen LogP contribution in [0.3, 0.4) is 0 Å². The van der Waals surface area contributed by atoms with Crippen molar-refractivity contribution >= 4 is 34.9 Å². The van der Waals surface area contributed by atoms with Crippen LogP contribution in [0.1, 0.15) is 71.8 Å².